The Morgan fingerprint density at radius 2 is 2.00 bits per heavy atom. The lowest BCUT2D eigenvalue weighted by Crippen LogP contribution is -2.20. The van der Waals surface area contributed by atoms with E-state index in [1.54, 1.807) is 6.07 Å². The van der Waals surface area contributed by atoms with Crippen LogP contribution in [0.15, 0.2) is 18.3 Å². The minimum Gasteiger partial charge on any atom is -0.477 e. The van der Waals surface area contributed by atoms with Crippen LogP contribution in [0.4, 0.5) is 0 Å². The Kier molecular flexibility index (Phi) is 3.87. The average Bonchev–Trinajstić information content (AvgIpc) is 2.78. The second kappa shape index (κ2) is 5.39. The van der Waals surface area contributed by atoms with Gasteiger partial charge in [0, 0.05) is 12.7 Å². The fourth-order valence-electron chi connectivity index (χ4n) is 2.87. The summed E-state index contributed by atoms with van der Waals surface area (Å²) in [6, 6.07) is 3.50. The van der Waals surface area contributed by atoms with Gasteiger partial charge in [0.2, 0.25) is 0 Å². The highest BCUT2D eigenvalue weighted by Gasteiger charge is 2.21. The van der Waals surface area contributed by atoms with E-state index in [1.807, 2.05) is 16.8 Å². The SMILES string of the molecule is CCC1CCC(Cn2cccc2C(=O)O)CC1. The van der Waals surface area contributed by atoms with Crippen LogP contribution >= 0.6 is 0 Å². The predicted octanol–water partition coefficient (Wildman–Crippen LogP) is 3.40. The van der Waals surface area contributed by atoms with E-state index in [2.05, 4.69) is 6.92 Å². The van der Waals surface area contributed by atoms with E-state index < -0.39 is 5.97 Å². The minimum atomic E-state index is -0.822. The molecule has 0 aliphatic heterocycles. The highest BCUT2D eigenvalue weighted by molar-refractivity contribution is 5.85. The van der Waals surface area contributed by atoms with E-state index in [0.29, 0.717) is 11.6 Å². The molecule has 0 saturated heterocycles. The smallest absolute Gasteiger partial charge is 0.352 e. The lowest BCUT2D eigenvalue weighted by Gasteiger charge is -2.28. The van der Waals surface area contributed by atoms with Crippen LogP contribution in [0.2, 0.25) is 0 Å². The van der Waals surface area contributed by atoms with E-state index in [0.717, 1.165) is 12.5 Å². The second-order valence-electron chi connectivity index (χ2n) is 5.15. The molecule has 1 N–H and O–H groups in total. The summed E-state index contributed by atoms with van der Waals surface area (Å²) in [6.45, 7) is 3.13. The van der Waals surface area contributed by atoms with Crippen LogP contribution < -0.4 is 0 Å². The van der Waals surface area contributed by atoms with Crippen LogP contribution in [-0.2, 0) is 6.54 Å². The molecule has 1 aliphatic rings. The summed E-state index contributed by atoms with van der Waals surface area (Å²) < 4.78 is 1.89. The summed E-state index contributed by atoms with van der Waals surface area (Å²) in [5, 5.41) is 9.04. The van der Waals surface area contributed by atoms with Gasteiger partial charge in [-0.15, -0.1) is 0 Å². The zero-order valence-electron chi connectivity index (χ0n) is 10.4. The van der Waals surface area contributed by atoms with Gasteiger partial charge in [-0.1, -0.05) is 26.2 Å². The fourth-order valence-corrected chi connectivity index (χ4v) is 2.87. The summed E-state index contributed by atoms with van der Waals surface area (Å²) >= 11 is 0. The van der Waals surface area contributed by atoms with Crippen LogP contribution in [0.1, 0.15) is 49.5 Å². The summed E-state index contributed by atoms with van der Waals surface area (Å²) in [6.07, 6.45) is 8.28. The van der Waals surface area contributed by atoms with E-state index in [4.69, 9.17) is 5.11 Å². The monoisotopic (exact) mass is 235 g/mol. The van der Waals surface area contributed by atoms with Crippen LogP contribution in [0.3, 0.4) is 0 Å². The molecule has 1 aliphatic carbocycles. The van der Waals surface area contributed by atoms with Crippen LogP contribution in [0, 0.1) is 11.8 Å². The topological polar surface area (TPSA) is 42.2 Å². The van der Waals surface area contributed by atoms with Crippen molar-refractivity contribution in [2.45, 2.75) is 45.6 Å². The van der Waals surface area contributed by atoms with Crippen molar-refractivity contribution < 1.29 is 9.90 Å². The molecule has 3 heteroatoms. The van der Waals surface area contributed by atoms with Crippen molar-refractivity contribution in [1.29, 1.82) is 0 Å². The van der Waals surface area contributed by atoms with Crippen molar-refractivity contribution in [1.82, 2.24) is 4.57 Å². The van der Waals surface area contributed by atoms with Gasteiger partial charge in [0.1, 0.15) is 5.69 Å². The van der Waals surface area contributed by atoms with Gasteiger partial charge in [-0.25, -0.2) is 4.79 Å². The second-order valence-corrected chi connectivity index (χ2v) is 5.15. The first-order valence-corrected chi connectivity index (χ1v) is 6.59. The quantitative estimate of drug-likeness (QED) is 0.869. The molecule has 1 aromatic rings. The van der Waals surface area contributed by atoms with Gasteiger partial charge in [0.15, 0.2) is 0 Å². The lowest BCUT2D eigenvalue weighted by molar-refractivity contribution is 0.0683. The molecule has 0 bridgehead atoms. The molecule has 3 nitrogen and oxygen atoms in total. The Balaban J connectivity index is 1.93. The number of hydrogen-bond acceptors (Lipinski definition) is 1. The summed E-state index contributed by atoms with van der Waals surface area (Å²) in [4.78, 5) is 11.0. The Bertz CT molecular complexity index is 375. The van der Waals surface area contributed by atoms with Gasteiger partial charge in [-0.05, 0) is 36.8 Å². The highest BCUT2D eigenvalue weighted by Crippen LogP contribution is 2.31. The first-order chi connectivity index (χ1) is 8.20. The van der Waals surface area contributed by atoms with Crippen molar-refractivity contribution in [2.75, 3.05) is 0 Å². The maximum atomic E-state index is 11.0. The van der Waals surface area contributed by atoms with Gasteiger partial charge >= 0.3 is 5.97 Å². The van der Waals surface area contributed by atoms with Gasteiger partial charge in [-0.2, -0.15) is 0 Å². The van der Waals surface area contributed by atoms with Crippen LogP contribution in [-0.4, -0.2) is 15.6 Å². The van der Waals surface area contributed by atoms with Crippen LogP contribution in [0.25, 0.3) is 0 Å². The fraction of sp³-hybridized carbons (Fsp3) is 0.643. The summed E-state index contributed by atoms with van der Waals surface area (Å²) in [7, 11) is 0. The van der Waals surface area contributed by atoms with Gasteiger partial charge in [0.05, 0.1) is 0 Å². The molecule has 2 rings (SSSR count). The first kappa shape index (κ1) is 12.2. The number of aromatic carboxylic acids is 1. The van der Waals surface area contributed by atoms with Crippen molar-refractivity contribution in [3.8, 4) is 0 Å². The molecule has 1 heterocycles. The maximum Gasteiger partial charge on any atom is 0.352 e. The average molecular weight is 235 g/mol. The highest BCUT2D eigenvalue weighted by atomic mass is 16.4. The third-order valence-electron chi connectivity index (χ3n) is 4.05. The minimum absolute atomic E-state index is 0.419. The van der Waals surface area contributed by atoms with Gasteiger partial charge in [-0.3, -0.25) is 0 Å². The van der Waals surface area contributed by atoms with E-state index in [1.165, 1.54) is 32.1 Å². The van der Waals surface area contributed by atoms with Gasteiger partial charge in [0.25, 0.3) is 0 Å². The molecule has 0 spiro atoms. The summed E-state index contributed by atoms with van der Waals surface area (Å²) in [5.41, 5.74) is 0.419. The molecule has 17 heavy (non-hydrogen) atoms. The number of hydrogen-bond donors (Lipinski definition) is 1. The third-order valence-corrected chi connectivity index (χ3v) is 4.05. The molecule has 1 saturated carbocycles. The van der Waals surface area contributed by atoms with Crippen molar-refractivity contribution >= 4 is 5.97 Å². The van der Waals surface area contributed by atoms with E-state index >= 15 is 0 Å². The Morgan fingerprint density at radius 3 is 2.59 bits per heavy atom. The molecule has 94 valence electrons. The molecular weight excluding hydrogens is 214 g/mol. The largest absolute Gasteiger partial charge is 0.477 e. The number of nitrogens with zero attached hydrogens (tertiary/aromatic N) is 1. The molecule has 0 amide bonds. The molecular formula is C14H21NO2. The lowest BCUT2D eigenvalue weighted by atomic mass is 9.81. The molecule has 0 unspecified atom stereocenters. The standard InChI is InChI=1S/C14H21NO2/c1-2-11-5-7-12(8-6-11)10-15-9-3-4-13(15)14(16)17/h3-4,9,11-12H,2,5-8,10H2,1H3,(H,16,17). The molecule has 0 radical (unpaired) electrons. The normalized spacial score (nSPS) is 24.8. The number of carbonyl (C=O) groups is 1. The van der Waals surface area contributed by atoms with Crippen molar-refractivity contribution in [3.63, 3.8) is 0 Å². The Morgan fingerprint density at radius 1 is 1.35 bits per heavy atom. The zero-order chi connectivity index (χ0) is 12.3. The van der Waals surface area contributed by atoms with Gasteiger partial charge < -0.3 is 9.67 Å². The third kappa shape index (κ3) is 2.90. The van der Waals surface area contributed by atoms with Crippen molar-refractivity contribution in [3.05, 3.63) is 24.0 Å². The first-order valence-electron chi connectivity index (χ1n) is 6.59. The maximum absolute atomic E-state index is 11.0. The Hall–Kier alpha value is -1.25. The molecule has 1 fully saturated rings. The van der Waals surface area contributed by atoms with Crippen LogP contribution in [0.5, 0.6) is 0 Å². The summed E-state index contributed by atoms with van der Waals surface area (Å²) in [5.74, 6) is 0.732. The number of rotatable bonds is 4. The zero-order valence-corrected chi connectivity index (χ0v) is 10.4. The number of aromatic nitrogens is 1. The predicted molar refractivity (Wildman–Crippen MR) is 67.1 cm³/mol. The molecule has 0 atom stereocenters. The van der Waals surface area contributed by atoms with E-state index in [-0.39, 0.29) is 0 Å². The van der Waals surface area contributed by atoms with Crippen molar-refractivity contribution in [2.24, 2.45) is 11.8 Å². The number of carboxylic acid groups (broad SMARTS) is 1. The van der Waals surface area contributed by atoms with E-state index in [9.17, 15) is 4.79 Å². The Labute approximate surface area is 102 Å². The molecule has 0 aromatic carbocycles. The molecule has 1 aromatic heterocycles. The number of carboxylic acids is 1.